The number of carbonyl (C=O) groups excluding carboxylic acids is 1. The van der Waals surface area contributed by atoms with Gasteiger partial charge in [-0.2, -0.15) is 5.26 Å². The molecule has 0 aliphatic heterocycles. The van der Waals surface area contributed by atoms with Gasteiger partial charge >= 0.3 is 0 Å². The van der Waals surface area contributed by atoms with Gasteiger partial charge in [-0.3, -0.25) is 4.79 Å². The van der Waals surface area contributed by atoms with Crippen molar-refractivity contribution in [3.8, 4) is 6.07 Å². The minimum Gasteiger partial charge on any atom is -0.351 e. The summed E-state index contributed by atoms with van der Waals surface area (Å²) in [4.78, 5) is 15.4. The Labute approximate surface area is 128 Å². The Morgan fingerprint density at radius 3 is 2.59 bits per heavy atom. The number of para-hydroxylation sites is 1. The second-order valence-corrected chi connectivity index (χ2v) is 5.20. The molecule has 1 atom stereocenters. The van der Waals surface area contributed by atoms with Crippen LogP contribution in [-0.4, -0.2) is 10.9 Å². The fourth-order valence-corrected chi connectivity index (χ4v) is 2.40. The maximum absolute atomic E-state index is 12.3. The summed E-state index contributed by atoms with van der Waals surface area (Å²) in [5.74, 6) is -0.145. The van der Waals surface area contributed by atoms with Crippen molar-refractivity contribution in [3.05, 3.63) is 71.4 Å². The molecule has 2 aromatic carbocycles. The number of hydrogen-bond donors (Lipinski definition) is 2. The summed E-state index contributed by atoms with van der Waals surface area (Å²) < 4.78 is 0. The highest BCUT2D eigenvalue weighted by Gasteiger charge is 2.13. The van der Waals surface area contributed by atoms with Gasteiger partial charge in [-0.25, -0.2) is 0 Å². The van der Waals surface area contributed by atoms with Crippen LogP contribution in [0.15, 0.2) is 54.6 Å². The van der Waals surface area contributed by atoms with Gasteiger partial charge in [0.2, 0.25) is 0 Å². The molecule has 0 radical (unpaired) electrons. The van der Waals surface area contributed by atoms with E-state index in [-0.39, 0.29) is 11.9 Å². The molecule has 0 saturated carbocycles. The molecule has 0 saturated heterocycles. The van der Waals surface area contributed by atoms with E-state index in [0.29, 0.717) is 11.3 Å². The number of nitrogens with one attached hydrogen (secondary N) is 2. The first kappa shape index (κ1) is 13.9. The molecule has 0 bridgehead atoms. The molecule has 1 aromatic heterocycles. The summed E-state index contributed by atoms with van der Waals surface area (Å²) >= 11 is 0. The van der Waals surface area contributed by atoms with E-state index in [0.717, 1.165) is 16.5 Å². The smallest absolute Gasteiger partial charge is 0.268 e. The highest BCUT2D eigenvalue weighted by molar-refractivity contribution is 5.98. The molecule has 4 nitrogen and oxygen atoms in total. The van der Waals surface area contributed by atoms with Crippen LogP contribution in [0.1, 0.15) is 34.6 Å². The van der Waals surface area contributed by atoms with Crippen LogP contribution in [0.2, 0.25) is 0 Å². The Bertz CT molecular complexity index is 823. The summed E-state index contributed by atoms with van der Waals surface area (Å²) in [6, 6.07) is 18.8. The maximum Gasteiger partial charge on any atom is 0.268 e. The molecule has 3 rings (SSSR count). The lowest BCUT2D eigenvalue weighted by Crippen LogP contribution is -2.26. The van der Waals surface area contributed by atoms with Gasteiger partial charge in [0, 0.05) is 10.9 Å². The SMILES string of the molecule is CC(NC(=O)c1cc2ccccc2[nH]1)c1ccc(C#N)cc1. The van der Waals surface area contributed by atoms with Crippen LogP contribution >= 0.6 is 0 Å². The molecule has 2 N–H and O–H groups in total. The van der Waals surface area contributed by atoms with Crippen molar-refractivity contribution < 1.29 is 4.79 Å². The monoisotopic (exact) mass is 289 g/mol. The molecule has 0 aliphatic rings. The van der Waals surface area contributed by atoms with Gasteiger partial charge in [-0.1, -0.05) is 30.3 Å². The van der Waals surface area contributed by atoms with Crippen LogP contribution in [0.4, 0.5) is 0 Å². The number of H-pyrrole nitrogens is 1. The third-order valence-corrected chi connectivity index (χ3v) is 3.66. The third kappa shape index (κ3) is 2.70. The molecule has 1 unspecified atom stereocenters. The molecule has 108 valence electrons. The predicted molar refractivity (Wildman–Crippen MR) is 85.3 cm³/mol. The Morgan fingerprint density at radius 1 is 1.18 bits per heavy atom. The lowest BCUT2D eigenvalue weighted by molar-refractivity contribution is 0.0935. The fourth-order valence-electron chi connectivity index (χ4n) is 2.40. The summed E-state index contributed by atoms with van der Waals surface area (Å²) in [5.41, 5.74) is 3.06. The first-order valence-electron chi connectivity index (χ1n) is 7.06. The quantitative estimate of drug-likeness (QED) is 0.774. The number of amides is 1. The van der Waals surface area contributed by atoms with Gasteiger partial charge in [0.1, 0.15) is 5.69 Å². The predicted octanol–water partition coefficient (Wildman–Crippen LogP) is 3.53. The second kappa shape index (κ2) is 5.74. The van der Waals surface area contributed by atoms with Crippen LogP contribution < -0.4 is 5.32 Å². The number of carbonyl (C=O) groups is 1. The lowest BCUT2D eigenvalue weighted by atomic mass is 10.1. The largest absolute Gasteiger partial charge is 0.351 e. The highest BCUT2D eigenvalue weighted by Crippen LogP contribution is 2.17. The Hall–Kier alpha value is -3.06. The molecular formula is C18H15N3O. The van der Waals surface area contributed by atoms with Gasteiger partial charge in [0.05, 0.1) is 17.7 Å². The molecule has 1 heterocycles. The standard InChI is InChI=1S/C18H15N3O/c1-12(14-8-6-13(11-19)7-9-14)20-18(22)17-10-15-4-2-3-5-16(15)21-17/h2-10,12,21H,1H3,(H,20,22). The number of nitriles is 1. The van der Waals surface area contributed by atoms with Gasteiger partial charge in [-0.15, -0.1) is 0 Å². The van der Waals surface area contributed by atoms with E-state index < -0.39 is 0 Å². The number of aromatic amines is 1. The van der Waals surface area contributed by atoms with E-state index in [1.807, 2.05) is 49.4 Å². The molecule has 3 aromatic rings. The number of benzene rings is 2. The summed E-state index contributed by atoms with van der Waals surface area (Å²) in [6.07, 6.45) is 0. The van der Waals surface area contributed by atoms with E-state index >= 15 is 0 Å². The van der Waals surface area contributed by atoms with Crippen LogP contribution in [-0.2, 0) is 0 Å². The van der Waals surface area contributed by atoms with Crippen molar-refractivity contribution in [1.82, 2.24) is 10.3 Å². The van der Waals surface area contributed by atoms with Crippen LogP contribution in [0.5, 0.6) is 0 Å². The van der Waals surface area contributed by atoms with Crippen molar-refractivity contribution in [2.45, 2.75) is 13.0 Å². The van der Waals surface area contributed by atoms with Crippen molar-refractivity contribution >= 4 is 16.8 Å². The summed E-state index contributed by atoms with van der Waals surface area (Å²) in [5, 5.41) is 12.8. The van der Waals surface area contributed by atoms with E-state index in [1.165, 1.54) is 0 Å². The minimum absolute atomic E-state index is 0.133. The van der Waals surface area contributed by atoms with Crippen LogP contribution in [0, 0.1) is 11.3 Å². The summed E-state index contributed by atoms with van der Waals surface area (Å²) in [6.45, 7) is 1.92. The average Bonchev–Trinajstić information content (AvgIpc) is 2.99. The molecule has 22 heavy (non-hydrogen) atoms. The zero-order valence-electron chi connectivity index (χ0n) is 12.1. The van der Waals surface area contributed by atoms with Crippen molar-refractivity contribution in [3.63, 3.8) is 0 Å². The Balaban J connectivity index is 1.76. The molecule has 1 amide bonds. The van der Waals surface area contributed by atoms with Crippen molar-refractivity contribution in [1.29, 1.82) is 5.26 Å². The van der Waals surface area contributed by atoms with Crippen LogP contribution in [0.3, 0.4) is 0 Å². The molecule has 0 spiro atoms. The van der Waals surface area contributed by atoms with Crippen molar-refractivity contribution in [2.75, 3.05) is 0 Å². The first-order chi connectivity index (χ1) is 10.7. The highest BCUT2D eigenvalue weighted by atomic mass is 16.1. The van der Waals surface area contributed by atoms with Gasteiger partial charge in [-0.05, 0) is 36.8 Å². The number of aromatic nitrogens is 1. The van der Waals surface area contributed by atoms with E-state index in [9.17, 15) is 4.79 Å². The number of fused-ring (bicyclic) bond motifs is 1. The minimum atomic E-state index is -0.145. The van der Waals surface area contributed by atoms with Gasteiger partial charge in [0.25, 0.3) is 5.91 Å². The first-order valence-corrected chi connectivity index (χ1v) is 7.06. The lowest BCUT2D eigenvalue weighted by Gasteiger charge is -2.13. The molecular weight excluding hydrogens is 274 g/mol. The Morgan fingerprint density at radius 2 is 1.91 bits per heavy atom. The normalized spacial score (nSPS) is 11.8. The van der Waals surface area contributed by atoms with Gasteiger partial charge in [0.15, 0.2) is 0 Å². The fraction of sp³-hybridized carbons (Fsp3) is 0.111. The van der Waals surface area contributed by atoms with E-state index in [1.54, 1.807) is 12.1 Å². The van der Waals surface area contributed by atoms with E-state index in [2.05, 4.69) is 16.4 Å². The van der Waals surface area contributed by atoms with Crippen LogP contribution in [0.25, 0.3) is 10.9 Å². The third-order valence-electron chi connectivity index (χ3n) is 3.66. The number of nitrogens with zero attached hydrogens (tertiary/aromatic N) is 1. The second-order valence-electron chi connectivity index (χ2n) is 5.20. The zero-order valence-corrected chi connectivity index (χ0v) is 12.1. The molecule has 4 heteroatoms. The van der Waals surface area contributed by atoms with E-state index in [4.69, 9.17) is 5.26 Å². The zero-order chi connectivity index (χ0) is 15.5. The topological polar surface area (TPSA) is 68.7 Å². The summed E-state index contributed by atoms with van der Waals surface area (Å²) in [7, 11) is 0. The van der Waals surface area contributed by atoms with Gasteiger partial charge < -0.3 is 10.3 Å². The average molecular weight is 289 g/mol. The maximum atomic E-state index is 12.3. The Kier molecular flexibility index (Phi) is 3.63. The van der Waals surface area contributed by atoms with Crippen molar-refractivity contribution in [2.24, 2.45) is 0 Å². The number of hydrogen-bond acceptors (Lipinski definition) is 2. The molecule has 0 fully saturated rings. The number of rotatable bonds is 3. The molecule has 0 aliphatic carbocycles.